The molecule has 44 heavy (non-hydrogen) atoms. The number of rotatable bonds is 21. The van der Waals surface area contributed by atoms with Crippen LogP contribution in [0.25, 0.3) is 5.69 Å². The van der Waals surface area contributed by atoms with Crippen LogP contribution in [-0.2, 0) is 11.2 Å². The van der Waals surface area contributed by atoms with Crippen molar-refractivity contribution in [2.24, 2.45) is 0 Å². The molecule has 0 aliphatic carbocycles. The standard InChI is InChI=1S/C35H49Cl2N3O4/c1-4-6-7-8-9-10-11-12-13-14-15-16-17-19-26-20-18-21-27(22-26)44-31(5-2)35(42)38-32-25-33(41)40(39-32)34-29(36)23-28(43-3)24-30(34)37/h18,20-25,31,39H,4-17,19H2,1-3H3,(H,38,42). The van der Waals surface area contributed by atoms with Crippen molar-refractivity contribution in [2.45, 2.75) is 116 Å². The van der Waals surface area contributed by atoms with E-state index in [4.69, 9.17) is 32.7 Å². The summed E-state index contributed by atoms with van der Waals surface area (Å²) in [7, 11) is 1.50. The number of nitrogens with one attached hydrogen (secondary N) is 2. The minimum absolute atomic E-state index is 0.209. The van der Waals surface area contributed by atoms with Gasteiger partial charge in [0, 0.05) is 18.2 Å². The average molecular weight is 647 g/mol. The van der Waals surface area contributed by atoms with E-state index in [0.717, 1.165) is 12.8 Å². The van der Waals surface area contributed by atoms with Gasteiger partial charge in [-0.15, -0.1) is 0 Å². The second-order valence-electron chi connectivity index (χ2n) is 11.4. The van der Waals surface area contributed by atoms with Crippen LogP contribution in [0.1, 0.15) is 109 Å². The van der Waals surface area contributed by atoms with Crippen molar-refractivity contribution in [1.29, 1.82) is 0 Å². The quantitative estimate of drug-likeness (QED) is 0.113. The van der Waals surface area contributed by atoms with Crippen LogP contribution in [0, 0.1) is 0 Å². The van der Waals surface area contributed by atoms with Crippen molar-refractivity contribution in [3.63, 3.8) is 0 Å². The van der Waals surface area contributed by atoms with Crippen LogP contribution < -0.4 is 20.3 Å². The fourth-order valence-electron chi connectivity index (χ4n) is 5.32. The number of carbonyl (C=O) groups is 1. The molecular weight excluding hydrogens is 597 g/mol. The summed E-state index contributed by atoms with van der Waals surface area (Å²) in [6, 6.07) is 12.4. The van der Waals surface area contributed by atoms with Crippen LogP contribution in [0.5, 0.6) is 11.5 Å². The lowest BCUT2D eigenvalue weighted by Crippen LogP contribution is -2.32. The van der Waals surface area contributed by atoms with Crippen molar-refractivity contribution in [2.75, 3.05) is 12.4 Å². The number of H-pyrrole nitrogens is 1. The number of unbranched alkanes of at least 4 members (excludes halogenated alkanes) is 12. The van der Waals surface area contributed by atoms with E-state index in [9.17, 15) is 9.59 Å². The summed E-state index contributed by atoms with van der Waals surface area (Å²) in [5, 5.41) is 6.07. The van der Waals surface area contributed by atoms with E-state index in [-0.39, 0.29) is 27.5 Å². The second kappa shape index (κ2) is 19.5. The third kappa shape index (κ3) is 11.6. The number of hydrogen-bond acceptors (Lipinski definition) is 4. The van der Waals surface area contributed by atoms with E-state index in [2.05, 4.69) is 23.4 Å². The highest BCUT2D eigenvalue weighted by Crippen LogP contribution is 2.32. The van der Waals surface area contributed by atoms with Crippen molar-refractivity contribution >= 4 is 34.9 Å². The molecule has 0 spiro atoms. The Bertz CT molecular complexity index is 1330. The molecule has 0 aliphatic heterocycles. The topological polar surface area (TPSA) is 85.3 Å². The van der Waals surface area contributed by atoms with Gasteiger partial charge in [0.15, 0.2) is 6.10 Å². The van der Waals surface area contributed by atoms with Gasteiger partial charge < -0.3 is 14.8 Å². The van der Waals surface area contributed by atoms with Gasteiger partial charge in [-0.3, -0.25) is 14.7 Å². The monoisotopic (exact) mass is 645 g/mol. The zero-order valence-corrected chi connectivity index (χ0v) is 28.1. The minimum atomic E-state index is -0.735. The van der Waals surface area contributed by atoms with Gasteiger partial charge >= 0.3 is 0 Å². The van der Waals surface area contributed by atoms with E-state index in [1.807, 2.05) is 25.1 Å². The molecule has 0 fully saturated rings. The number of halogens is 2. The first-order valence-corrected chi connectivity index (χ1v) is 17.0. The number of carbonyl (C=O) groups excluding carboxylic acids is 1. The number of aryl methyl sites for hydroxylation is 1. The Morgan fingerprint density at radius 3 is 2.00 bits per heavy atom. The maximum absolute atomic E-state index is 13.1. The summed E-state index contributed by atoms with van der Waals surface area (Å²) in [5.41, 5.74) is 1.04. The molecule has 2 N–H and O–H groups in total. The number of nitrogens with zero attached hydrogens (tertiary/aromatic N) is 1. The molecule has 9 heteroatoms. The zero-order valence-electron chi connectivity index (χ0n) is 26.6. The summed E-state index contributed by atoms with van der Waals surface area (Å²) < 4.78 is 12.4. The summed E-state index contributed by atoms with van der Waals surface area (Å²) >= 11 is 12.7. The van der Waals surface area contributed by atoms with Gasteiger partial charge in [0.25, 0.3) is 11.5 Å². The Balaban J connectivity index is 1.43. The summed E-state index contributed by atoms with van der Waals surface area (Å²) in [5.74, 6) is 0.964. The van der Waals surface area contributed by atoms with E-state index < -0.39 is 11.7 Å². The third-order valence-corrected chi connectivity index (χ3v) is 8.41. The van der Waals surface area contributed by atoms with Crippen LogP contribution in [0.4, 0.5) is 5.82 Å². The smallest absolute Gasteiger partial charge is 0.273 e. The summed E-state index contributed by atoms with van der Waals surface area (Å²) in [6.45, 7) is 4.15. The molecule has 2 aromatic carbocycles. The first-order valence-electron chi connectivity index (χ1n) is 16.3. The number of aromatic amines is 1. The lowest BCUT2D eigenvalue weighted by Gasteiger charge is -2.17. The predicted molar refractivity (Wildman–Crippen MR) is 182 cm³/mol. The number of methoxy groups -OCH3 is 1. The molecule has 0 saturated carbocycles. The molecule has 1 aromatic heterocycles. The number of amides is 1. The summed E-state index contributed by atoms with van der Waals surface area (Å²) in [4.78, 5) is 25.8. The summed E-state index contributed by atoms with van der Waals surface area (Å²) in [6.07, 6.45) is 18.1. The minimum Gasteiger partial charge on any atom is -0.497 e. The Kier molecular flexibility index (Phi) is 15.8. The number of aromatic nitrogens is 2. The van der Waals surface area contributed by atoms with Gasteiger partial charge in [-0.1, -0.05) is 126 Å². The first kappa shape index (κ1) is 35.6. The highest BCUT2D eigenvalue weighted by atomic mass is 35.5. The molecule has 1 amide bonds. The van der Waals surface area contributed by atoms with E-state index in [0.29, 0.717) is 17.9 Å². The molecule has 3 rings (SSSR count). The second-order valence-corrected chi connectivity index (χ2v) is 12.2. The predicted octanol–water partition coefficient (Wildman–Crippen LogP) is 9.91. The molecule has 0 bridgehead atoms. The van der Waals surface area contributed by atoms with Crippen LogP contribution in [0.3, 0.4) is 0 Å². The highest BCUT2D eigenvalue weighted by Gasteiger charge is 2.21. The number of ether oxygens (including phenoxy) is 2. The van der Waals surface area contributed by atoms with Gasteiger partial charge in [-0.2, -0.15) is 0 Å². The lowest BCUT2D eigenvalue weighted by atomic mass is 10.0. The Morgan fingerprint density at radius 1 is 0.841 bits per heavy atom. The Labute approximate surface area is 272 Å². The number of benzene rings is 2. The van der Waals surface area contributed by atoms with E-state index >= 15 is 0 Å². The van der Waals surface area contributed by atoms with Crippen LogP contribution in [-0.4, -0.2) is 28.9 Å². The molecule has 0 saturated heterocycles. The first-order chi connectivity index (χ1) is 21.4. The molecule has 1 unspecified atom stereocenters. The van der Waals surface area contributed by atoms with Crippen LogP contribution in [0.15, 0.2) is 47.3 Å². The zero-order chi connectivity index (χ0) is 31.7. The van der Waals surface area contributed by atoms with E-state index in [1.165, 1.54) is 100 Å². The largest absolute Gasteiger partial charge is 0.497 e. The molecule has 242 valence electrons. The molecule has 3 aromatic rings. The van der Waals surface area contributed by atoms with Gasteiger partial charge in [-0.25, -0.2) is 4.68 Å². The molecule has 1 atom stereocenters. The average Bonchev–Trinajstić information content (AvgIpc) is 3.36. The number of hydrogen-bond donors (Lipinski definition) is 2. The Morgan fingerprint density at radius 2 is 1.43 bits per heavy atom. The fourth-order valence-corrected chi connectivity index (χ4v) is 5.96. The van der Waals surface area contributed by atoms with Crippen LogP contribution in [0.2, 0.25) is 10.0 Å². The Hall–Kier alpha value is -2.90. The molecule has 0 radical (unpaired) electrons. The van der Waals surface area contributed by atoms with Gasteiger partial charge in [0.2, 0.25) is 0 Å². The fraction of sp³-hybridized carbons (Fsp3) is 0.543. The van der Waals surface area contributed by atoms with Gasteiger partial charge in [-0.05, 0) is 37.0 Å². The lowest BCUT2D eigenvalue weighted by molar-refractivity contribution is -0.122. The van der Waals surface area contributed by atoms with Crippen molar-refractivity contribution < 1.29 is 14.3 Å². The SMILES string of the molecule is CCCCCCCCCCCCCCCc1cccc(OC(CC)C(=O)Nc2cc(=O)n(-c3c(Cl)cc(OC)cc3Cl)[nH]2)c1. The van der Waals surface area contributed by atoms with Crippen molar-refractivity contribution in [1.82, 2.24) is 9.78 Å². The maximum Gasteiger partial charge on any atom is 0.273 e. The van der Waals surface area contributed by atoms with Crippen molar-refractivity contribution in [3.8, 4) is 17.2 Å². The van der Waals surface area contributed by atoms with Gasteiger partial charge in [0.05, 0.1) is 17.2 Å². The normalized spacial score (nSPS) is 11.8. The molecule has 0 aliphatic rings. The van der Waals surface area contributed by atoms with Gasteiger partial charge in [0.1, 0.15) is 23.0 Å². The molecule has 7 nitrogen and oxygen atoms in total. The van der Waals surface area contributed by atoms with E-state index in [1.54, 1.807) is 12.1 Å². The molecule has 1 heterocycles. The maximum atomic E-state index is 13.1. The van der Waals surface area contributed by atoms with Crippen molar-refractivity contribution in [3.05, 3.63) is 68.4 Å². The molecular formula is C35H49Cl2N3O4. The number of anilines is 1. The van der Waals surface area contributed by atoms with Crippen LogP contribution >= 0.6 is 23.2 Å². The third-order valence-electron chi connectivity index (χ3n) is 7.84. The highest BCUT2D eigenvalue weighted by molar-refractivity contribution is 6.38.